The Balaban J connectivity index is 1.66. The van der Waals surface area contributed by atoms with Crippen LogP contribution in [0.5, 0.6) is 0 Å². The van der Waals surface area contributed by atoms with Gasteiger partial charge in [0.1, 0.15) is 4.90 Å². The number of piperidine rings is 1. The van der Waals surface area contributed by atoms with Gasteiger partial charge in [0.2, 0.25) is 10.0 Å². The molecule has 2 heterocycles. The standard InChI is InChI=1S/C17H18Cl2N2O2S2/c18-15-6-4-13(10-16(15)19)12-24-17-7-5-14(11-20-17)25(22,23)21-8-2-1-3-9-21/h4-7,10-11H,1-3,8-9,12H2. The zero-order chi connectivity index (χ0) is 17.9. The minimum Gasteiger partial charge on any atom is -0.249 e. The summed E-state index contributed by atoms with van der Waals surface area (Å²) in [4.78, 5) is 4.55. The highest BCUT2D eigenvalue weighted by molar-refractivity contribution is 7.98. The summed E-state index contributed by atoms with van der Waals surface area (Å²) in [6.45, 7) is 1.19. The number of sulfonamides is 1. The second kappa shape index (κ2) is 8.27. The average molecular weight is 417 g/mol. The van der Waals surface area contributed by atoms with Crippen LogP contribution in [0.3, 0.4) is 0 Å². The first-order chi connectivity index (χ1) is 12.0. The minimum atomic E-state index is -3.43. The fourth-order valence-electron chi connectivity index (χ4n) is 2.65. The Bertz CT molecular complexity index is 836. The summed E-state index contributed by atoms with van der Waals surface area (Å²) < 4.78 is 26.8. The Morgan fingerprint density at radius 2 is 1.80 bits per heavy atom. The lowest BCUT2D eigenvalue weighted by molar-refractivity contribution is 0.346. The van der Waals surface area contributed by atoms with Gasteiger partial charge in [-0.25, -0.2) is 13.4 Å². The van der Waals surface area contributed by atoms with Crippen molar-refractivity contribution < 1.29 is 8.42 Å². The topological polar surface area (TPSA) is 50.3 Å². The van der Waals surface area contributed by atoms with E-state index in [0.717, 1.165) is 29.9 Å². The van der Waals surface area contributed by atoms with Crippen LogP contribution >= 0.6 is 35.0 Å². The molecule has 4 nitrogen and oxygen atoms in total. The smallest absolute Gasteiger partial charge is 0.244 e. The van der Waals surface area contributed by atoms with Gasteiger partial charge in [0.25, 0.3) is 0 Å². The maximum absolute atomic E-state index is 12.6. The highest BCUT2D eigenvalue weighted by Gasteiger charge is 2.26. The third kappa shape index (κ3) is 4.68. The van der Waals surface area contributed by atoms with E-state index >= 15 is 0 Å². The van der Waals surface area contributed by atoms with E-state index < -0.39 is 10.0 Å². The molecule has 3 rings (SSSR count). The Morgan fingerprint density at radius 1 is 1.04 bits per heavy atom. The molecular formula is C17H18Cl2N2O2S2. The molecule has 134 valence electrons. The zero-order valence-corrected chi connectivity index (χ0v) is 16.6. The van der Waals surface area contributed by atoms with Crippen molar-refractivity contribution in [3.63, 3.8) is 0 Å². The van der Waals surface area contributed by atoms with Gasteiger partial charge < -0.3 is 0 Å². The molecule has 1 aliphatic rings. The molecule has 1 aromatic heterocycles. The normalized spacial score (nSPS) is 16.1. The molecule has 8 heteroatoms. The predicted octanol–water partition coefficient (Wildman–Crippen LogP) is 4.86. The van der Waals surface area contributed by atoms with Gasteiger partial charge in [0.05, 0.1) is 15.1 Å². The van der Waals surface area contributed by atoms with Gasteiger partial charge in [0, 0.05) is 25.0 Å². The fourth-order valence-corrected chi connectivity index (χ4v) is 5.21. The summed E-state index contributed by atoms with van der Waals surface area (Å²) in [5.74, 6) is 0.683. The van der Waals surface area contributed by atoms with Crippen LogP contribution in [-0.2, 0) is 15.8 Å². The van der Waals surface area contributed by atoms with Crippen LogP contribution in [0, 0.1) is 0 Å². The monoisotopic (exact) mass is 416 g/mol. The summed E-state index contributed by atoms with van der Waals surface area (Å²) in [6.07, 6.45) is 4.38. The number of hydrogen-bond donors (Lipinski definition) is 0. The van der Waals surface area contributed by atoms with Crippen LogP contribution in [-0.4, -0.2) is 30.8 Å². The van der Waals surface area contributed by atoms with Gasteiger partial charge in [-0.2, -0.15) is 4.31 Å². The van der Waals surface area contributed by atoms with E-state index in [1.165, 1.54) is 18.0 Å². The van der Waals surface area contributed by atoms with Crippen molar-refractivity contribution in [3.8, 4) is 0 Å². The second-order valence-electron chi connectivity index (χ2n) is 5.83. The summed E-state index contributed by atoms with van der Waals surface area (Å²) in [6, 6.07) is 8.89. The maximum Gasteiger partial charge on any atom is 0.244 e. The molecule has 0 unspecified atom stereocenters. The van der Waals surface area contributed by atoms with Crippen LogP contribution in [0.1, 0.15) is 24.8 Å². The molecule has 0 aliphatic carbocycles. The largest absolute Gasteiger partial charge is 0.249 e. The molecule has 0 bridgehead atoms. The molecule has 0 N–H and O–H groups in total. The van der Waals surface area contributed by atoms with E-state index in [9.17, 15) is 8.42 Å². The Labute approximate surface area is 162 Å². The number of rotatable bonds is 5. The molecule has 1 aromatic carbocycles. The Morgan fingerprint density at radius 3 is 2.44 bits per heavy atom. The lowest BCUT2D eigenvalue weighted by Gasteiger charge is -2.25. The summed E-state index contributed by atoms with van der Waals surface area (Å²) >= 11 is 13.4. The van der Waals surface area contributed by atoms with Gasteiger partial charge in [-0.1, -0.05) is 35.7 Å². The highest BCUT2D eigenvalue weighted by Crippen LogP contribution is 2.28. The molecule has 1 saturated heterocycles. The van der Waals surface area contributed by atoms with Gasteiger partial charge >= 0.3 is 0 Å². The van der Waals surface area contributed by atoms with E-state index in [1.807, 2.05) is 12.1 Å². The van der Waals surface area contributed by atoms with Crippen molar-refractivity contribution in [3.05, 3.63) is 52.1 Å². The number of benzene rings is 1. The molecule has 25 heavy (non-hydrogen) atoms. The number of aromatic nitrogens is 1. The molecule has 1 fully saturated rings. The van der Waals surface area contributed by atoms with E-state index in [1.54, 1.807) is 22.5 Å². The highest BCUT2D eigenvalue weighted by atomic mass is 35.5. The Hall–Kier alpha value is -0.790. The summed E-state index contributed by atoms with van der Waals surface area (Å²) in [7, 11) is -3.43. The van der Waals surface area contributed by atoms with Crippen molar-refractivity contribution in [2.45, 2.75) is 34.9 Å². The molecule has 1 aliphatic heterocycles. The first kappa shape index (κ1) is 19.0. The lowest BCUT2D eigenvalue weighted by atomic mass is 10.2. The first-order valence-electron chi connectivity index (χ1n) is 8.00. The third-order valence-electron chi connectivity index (χ3n) is 4.03. The van der Waals surface area contributed by atoms with Crippen LogP contribution in [0.2, 0.25) is 10.0 Å². The van der Waals surface area contributed by atoms with Crippen molar-refractivity contribution in [2.24, 2.45) is 0 Å². The number of nitrogens with zero attached hydrogens (tertiary/aromatic N) is 2. The van der Waals surface area contributed by atoms with Crippen LogP contribution in [0.4, 0.5) is 0 Å². The van der Waals surface area contributed by atoms with E-state index in [0.29, 0.717) is 28.9 Å². The van der Waals surface area contributed by atoms with Crippen molar-refractivity contribution in [1.82, 2.24) is 9.29 Å². The van der Waals surface area contributed by atoms with Crippen LogP contribution in [0.15, 0.2) is 46.5 Å². The van der Waals surface area contributed by atoms with Crippen molar-refractivity contribution in [2.75, 3.05) is 13.1 Å². The second-order valence-corrected chi connectivity index (χ2v) is 9.58. The molecule has 0 spiro atoms. The van der Waals surface area contributed by atoms with Gasteiger partial charge in [-0.3, -0.25) is 0 Å². The van der Waals surface area contributed by atoms with E-state index in [-0.39, 0.29) is 4.90 Å². The quantitative estimate of drug-likeness (QED) is 0.653. The van der Waals surface area contributed by atoms with E-state index in [4.69, 9.17) is 23.2 Å². The maximum atomic E-state index is 12.6. The molecule has 0 amide bonds. The molecule has 2 aromatic rings. The molecule has 0 atom stereocenters. The third-order valence-corrected chi connectivity index (χ3v) is 7.67. The summed E-state index contributed by atoms with van der Waals surface area (Å²) in [5, 5.41) is 1.82. The zero-order valence-electron chi connectivity index (χ0n) is 13.5. The number of thioether (sulfide) groups is 1. The minimum absolute atomic E-state index is 0.258. The van der Waals surface area contributed by atoms with Crippen molar-refractivity contribution >= 4 is 45.0 Å². The Kier molecular flexibility index (Phi) is 6.28. The lowest BCUT2D eigenvalue weighted by Crippen LogP contribution is -2.35. The predicted molar refractivity (Wildman–Crippen MR) is 103 cm³/mol. The average Bonchev–Trinajstić information content (AvgIpc) is 2.64. The molecule has 0 radical (unpaired) electrons. The van der Waals surface area contributed by atoms with E-state index in [2.05, 4.69) is 4.98 Å². The fraction of sp³-hybridized carbons (Fsp3) is 0.353. The van der Waals surface area contributed by atoms with Crippen molar-refractivity contribution in [1.29, 1.82) is 0 Å². The first-order valence-corrected chi connectivity index (χ1v) is 11.2. The molecule has 0 saturated carbocycles. The summed E-state index contributed by atoms with van der Waals surface area (Å²) in [5.41, 5.74) is 1.03. The van der Waals surface area contributed by atoms with Gasteiger partial charge in [0.15, 0.2) is 0 Å². The number of hydrogen-bond acceptors (Lipinski definition) is 4. The number of halogens is 2. The van der Waals surface area contributed by atoms with Gasteiger partial charge in [-0.15, -0.1) is 11.8 Å². The molecular weight excluding hydrogens is 399 g/mol. The van der Waals surface area contributed by atoms with Crippen LogP contribution < -0.4 is 0 Å². The number of pyridine rings is 1. The SMILES string of the molecule is O=S(=O)(c1ccc(SCc2ccc(Cl)c(Cl)c2)nc1)N1CCCCC1. The van der Waals surface area contributed by atoms with Crippen LogP contribution in [0.25, 0.3) is 0 Å². The van der Waals surface area contributed by atoms with Gasteiger partial charge in [-0.05, 0) is 42.7 Å².